The van der Waals surface area contributed by atoms with Gasteiger partial charge in [-0.1, -0.05) is 11.6 Å². The monoisotopic (exact) mass is 268 g/mol. The molecule has 0 bridgehead atoms. The van der Waals surface area contributed by atoms with E-state index in [2.05, 4.69) is 5.32 Å². The van der Waals surface area contributed by atoms with Gasteiger partial charge in [0.1, 0.15) is 5.75 Å². The Bertz CT molecular complexity index is 402. The van der Waals surface area contributed by atoms with Crippen LogP contribution in [0.3, 0.4) is 0 Å². The SMILES string of the molecule is C[C@@H](Oc1ccc(Cl)cc1)C(=O)N1CCNCC1. The first-order chi connectivity index (χ1) is 8.66. The van der Waals surface area contributed by atoms with Crippen molar-refractivity contribution in [1.29, 1.82) is 0 Å². The summed E-state index contributed by atoms with van der Waals surface area (Å²) in [5.41, 5.74) is 0. The molecule has 5 heteroatoms. The second kappa shape index (κ2) is 6.07. The van der Waals surface area contributed by atoms with Crippen molar-refractivity contribution in [3.8, 4) is 5.75 Å². The van der Waals surface area contributed by atoms with E-state index < -0.39 is 6.10 Å². The summed E-state index contributed by atoms with van der Waals surface area (Å²) in [6.45, 7) is 4.96. The van der Waals surface area contributed by atoms with Crippen LogP contribution in [0.15, 0.2) is 24.3 Å². The lowest BCUT2D eigenvalue weighted by molar-refractivity contribution is -0.138. The number of piperazine rings is 1. The summed E-state index contributed by atoms with van der Waals surface area (Å²) >= 11 is 5.79. The van der Waals surface area contributed by atoms with Crippen molar-refractivity contribution in [2.24, 2.45) is 0 Å². The van der Waals surface area contributed by atoms with E-state index in [1.165, 1.54) is 0 Å². The number of hydrogen-bond donors (Lipinski definition) is 1. The van der Waals surface area contributed by atoms with Crippen molar-refractivity contribution >= 4 is 17.5 Å². The molecule has 1 fully saturated rings. The van der Waals surface area contributed by atoms with Gasteiger partial charge in [0.25, 0.3) is 5.91 Å². The smallest absolute Gasteiger partial charge is 0.263 e. The van der Waals surface area contributed by atoms with Crippen LogP contribution in [0.1, 0.15) is 6.92 Å². The van der Waals surface area contributed by atoms with Crippen molar-refractivity contribution in [3.05, 3.63) is 29.3 Å². The minimum atomic E-state index is -0.468. The van der Waals surface area contributed by atoms with E-state index in [-0.39, 0.29) is 5.91 Å². The number of carbonyl (C=O) groups excluding carboxylic acids is 1. The van der Waals surface area contributed by atoms with Crippen LogP contribution in [-0.2, 0) is 4.79 Å². The molecule has 0 radical (unpaired) electrons. The number of halogens is 1. The second-order valence-corrected chi connectivity index (χ2v) is 4.73. The van der Waals surface area contributed by atoms with Crippen molar-refractivity contribution in [2.75, 3.05) is 26.2 Å². The molecular weight excluding hydrogens is 252 g/mol. The Morgan fingerprint density at radius 1 is 1.33 bits per heavy atom. The van der Waals surface area contributed by atoms with E-state index in [0.29, 0.717) is 10.8 Å². The topological polar surface area (TPSA) is 41.6 Å². The number of nitrogens with one attached hydrogen (secondary N) is 1. The molecule has 1 saturated heterocycles. The largest absolute Gasteiger partial charge is 0.481 e. The van der Waals surface area contributed by atoms with Crippen LogP contribution < -0.4 is 10.1 Å². The highest BCUT2D eigenvalue weighted by Gasteiger charge is 2.23. The lowest BCUT2D eigenvalue weighted by Gasteiger charge is -2.29. The van der Waals surface area contributed by atoms with E-state index in [1.807, 2.05) is 4.90 Å². The van der Waals surface area contributed by atoms with Crippen LogP contribution in [0.25, 0.3) is 0 Å². The summed E-state index contributed by atoms with van der Waals surface area (Å²) in [6, 6.07) is 7.03. The molecule has 4 nitrogen and oxygen atoms in total. The first-order valence-corrected chi connectivity index (χ1v) is 6.46. The van der Waals surface area contributed by atoms with E-state index in [4.69, 9.17) is 16.3 Å². The first kappa shape index (κ1) is 13.2. The van der Waals surface area contributed by atoms with Gasteiger partial charge >= 0.3 is 0 Å². The number of hydrogen-bond acceptors (Lipinski definition) is 3. The van der Waals surface area contributed by atoms with E-state index in [1.54, 1.807) is 31.2 Å². The Kier molecular flexibility index (Phi) is 4.44. The standard InChI is InChI=1S/C13H17ClN2O2/c1-10(13(17)16-8-6-15-7-9-16)18-12-4-2-11(14)3-5-12/h2-5,10,15H,6-9H2,1H3/t10-/m1/s1. The highest BCUT2D eigenvalue weighted by molar-refractivity contribution is 6.30. The van der Waals surface area contributed by atoms with Crippen molar-refractivity contribution < 1.29 is 9.53 Å². The number of carbonyl (C=O) groups is 1. The van der Waals surface area contributed by atoms with Gasteiger partial charge in [0.2, 0.25) is 0 Å². The lowest BCUT2D eigenvalue weighted by atomic mass is 10.3. The molecule has 18 heavy (non-hydrogen) atoms. The molecule has 1 N–H and O–H groups in total. The van der Waals surface area contributed by atoms with Gasteiger partial charge in [-0.25, -0.2) is 0 Å². The van der Waals surface area contributed by atoms with E-state index >= 15 is 0 Å². The fourth-order valence-corrected chi connectivity index (χ4v) is 2.04. The average Bonchev–Trinajstić information content (AvgIpc) is 2.41. The quantitative estimate of drug-likeness (QED) is 0.904. The Balaban J connectivity index is 1.92. The van der Waals surface area contributed by atoms with E-state index in [9.17, 15) is 4.79 Å². The minimum absolute atomic E-state index is 0.0338. The zero-order valence-electron chi connectivity index (χ0n) is 10.4. The first-order valence-electron chi connectivity index (χ1n) is 6.08. The van der Waals surface area contributed by atoms with Crippen LogP contribution in [0.4, 0.5) is 0 Å². The predicted molar refractivity (Wildman–Crippen MR) is 71.0 cm³/mol. The summed E-state index contributed by atoms with van der Waals surface area (Å²) in [5.74, 6) is 0.696. The molecule has 0 aliphatic carbocycles. The molecule has 1 aliphatic heterocycles. The number of rotatable bonds is 3. The van der Waals surface area contributed by atoms with Crippen LogP contribution >= 0.6 is 11.6 Å². The maximum absolute atomic E-state index is 12.1. The highest BCUT2D eigenvalue weighted by atomic mass is 35.5. The lowest BCUT2D eigenvalue weighted by Crippen LogP contribution is -2.50. The van der Waals surface area contributed by atoms with Crippen molar-refractivity contribution in [1.82, 2.24) is 10.2 Å². The summed E-state index contributed by atoms with van der Waals surface area (Å²) < 4.78 is 5.61. The highest BCUT2D eigenvalue weighted by Crippen LogP contribution is 2.17. The van der Waals surface area contributed by atoms with Crippen molar-refractivity contribution in [3.63, 3.8) is 0 Å². The van der Waals surface area contributed by atoms with Gasteiger partial charge in [0.15, 0.2) is 6.10 Å². The van der Waals surface area contributed by atoms with Gasteiger partial charge in [-0.2, -0.15) is 0 Å². The molecule has 2 rings (SSSR count). The Morgan fingerprint density at radius 2 is 1.94 bits per heavy atom. The van der Waals surface area contributed by atoms with Gasteiger partial charge < -0.3 is 15.0 Å². The summed E-state index contributed by atoms with van der Waals surface area (Å²) in [5, 5.41) is 3.87. The summed E-state index contributed by atoms with van der Waals surface area (Å²) in [7, 11) is 0. The molecule has 1 amide bonds. The molecule has 1 aromatic rings. The van der Waals surface area contributed by atoms with E-state index in [0.717, 1.165) is 26.2 Å². The summed E-state index contributed by atoms with van der Waals surface area (Å²) in [6.07, 6.45) is -0.468. The van der Waals surface area contributed by atoms with Crippen LogP contribution in [0.5, 0.6) is 5.75 Å². The van der Waals surface area contributed by atoms with Crippen LogP contribution in [0, 0.1) is 0 Å². The molecule has 1 aromatic carbocycles. The van der Waals surface area contributed by atoms with Gasteiger partial charge in [-0.3, -0.25) is 4.79 Å². The van der Waals surface area contributed by atoms with Gasteiger partial charge in [0, 0.05) is 31.2 Å². The summed E-state index contributed by atoms with van der Waals surface area (Å²) in [4.78, 5) is 13.9. The molecule has 1 aliphatic rings. The second-order valence-electron chi connectivity index (χ2n) is 4.29. The fourth-order valence-electron chi connectivity index (χ4n) is 1.91. The fraction of sp³-hybridized carbons (Fsp3) is 0.462. The molecular formula is C13H17ClN2O2. The van der Waals surface area contributed by atoms with Crippen molar-refractivity contribution in [2.45, 2.75) is 13.0 Å². The third-order valence-corrected chi connectivity index (χ3v) is 3.15. The van der Waals surface area contributed by atoms with Gasteiger partial charge in [-0.05, 0) is 31.2 Å². The predicted octanol–water partition coefficient (Wildman–Crippen LogP) is 1.54. The third kappa shape index (κ3) is 3.37. The molecule has 0 aromatic heterocycles. The van der Waals surface area contributed by atoms with Crippen LogP contribution in [-0.4, -0.2) is 43.1 Å². The number of nitrogens with zero attached hydrogens (tertiary/aromatic N) is 1. The maximum atomic E-state index is 12.1. The van der Waals surface area contributed by atoms with Crippen LogP contribution in [0.2, 0.25) is 5.02 Å². The normalized spacial score (nSPS) is 17.3. The number of amides is 1. The Hall–Kier alpha value is -1.26. The molecule has 0 spiro atoms. The number of benzene rings is 1. The maximum Gasteiger partial charge on any atom is 0.263 e. The minimum Gasteiger partial charge on any atom is -0.481 e. The molecule has 1 heterocycles. The Labute approximate surface area is 112 Å². The van der Waals surface area contributed by atoms with Gasteiger partial charge in [-0.15, -0.1) is 0 Å². The molecule has 1 atom stereocenters. The number of ether oxygens (including phenoxy) is 1. The average molecular weight is 269 g/mol. The molecule has 0 saturated carbocycles. The zero-order chi connectivity index (χ0) is 13.0. The molecule has 0 unspecified atom stereocenters. The molecule has 98 valence electrons. The Morgan fingerprint density at radius 3 is 2.56 bits per heavy atom. The third-order valence-electron chi connectivity index (χ3n) is 2.90. The zero-order valence-corrected chi connectivity index (χ0v) is 11.1. The van der Waals surface area contributed by atoms with Gasteiger partial charge in [0.05, 0.1) is 0 Å².